The molecule has 1 heterocycles. The number of aromatic nitrogens is 2. The Hall–Kier alpha value is -1.62. The fraction of sp³-hybridized carbons (Fsp3) is 0.333. The maximum atomic E-state index is 5.41. The average molecular weight is 249 g/mol. The second-order valence-corrected chi connectivity index (χ2v) is 3.98. The maximum Gasteiger partial charge on any atom is 0.168 e. The lowest BCUT2D eigenvalue weighted by molar-refractivity contribution is 0.340. The highest BCUT2D eigenvalue weighted by Gasteiger charge is 2.09. The van der Waals surface area contributed by atoms with E-state index in [0.717, 1.165) is 29.4 Å². The standard InChI is InChI=1S/C12H15N3OS/c1-3-13-12-11(14-17-15-12)9-5-7-10(8-6-9)16-4-2/h5-8H,3-4H2,1-2H3,(H,13,15). The fourth-order valence-corrected chi connectivity index (χ4v) is 2.08. The predicted molar refractivity (Wildman–Crippen MR) is 70.7 cm³/mol. The lowest BCUT2D eigenvalue weighted by Crippen LogP contribution is -1.98. The Bertz CT molecular complexity index is 467. The smallest absolute Gasteiger partial charge is 0.168 e. The van der Waals surface area contributed by atoms with Crippen LogP contribution in [-0.4, -0.2) is 21.9 Å². The van der Waals surface area contributed by atoms with Crippen LogP contribution in [-0.2, 0) is 0 Å². The van der Waals surface area contributed by atoms with Crippen molar-refractivity contribution in [3.8, 4) is 17.0 Å². The molecule has 2 aromatic rings. The van der Waals surface area contributed by atoms with E-state index < -0.39 is 0 Å². The SMILES string of the molecule is CCNc1nsnc1-c1ccc(OCC)cc1. The van der Waals surface area contributed by atoms with E-state index in [1.807, 2.05) is 38.1 Å². The predicted octanol–water partition coefficient (Wildman–Crippen LogP) is 3.04. The van der Waals surface area contributed by atoms with Crippen molar-refractivity contribution in [2.75, 3.05) is 18.5 Å². The van der Waals surface area contributed by atoms with Gasteiger partial charge in [-0.25, -0.2) is 0 Å². The van der Waals surface area contributed by atoms with Crippen molar-refractivity contribution in [3.05, 3.63) is 24.3 Å². The summed E-state index contributed by atoms with van der Waals surface area (Å²) in [6, 6.07) is 7.91. The molecule has 1 N–H and O–H groups in total. The first-order valence-electron chi connectivity index (χ1n) is 5.64. The first kappa shape index (κ1) is 11.9. The molecule has 17 heavy (non-hydrogen) atoms. The first-order chi connectivity index (χ1) is 8.35. The van der Waals surface area contributed by atoms with E-state index in [2.05, 4.69) is 14.1 Å². The van der Waals surface area contributed by atoms with Crippen LogP contribution in [0.2, 0.25) is 0 Å². The highest BCUT2D eigenvalue weighted by Crippen LogP contribution is 2.27. The van der Waals surface area contributed by atoms with Gasteiger partial charge in [0.25, 0.3) is 0 Å². The quantitative estimate of drug-likeness (QED) is 0.884. The molecule has 0 saturated carbocycles. The Labute approximate surface area is 105 Å². The van der Waals surface area contributed by atoms with Crippen molar-refractivity contribution >= 4 is 17.5 Å². The van der Waals surface area contributed by atoms with Crippen molar-refractivity contribution in [2.24, 2.45) is 0 Å². The molecule has 0 saturated heterocycles. The molecule has 0 radical (unpaired) electrons. The maximum absolute atomic E-state index is 5.41. The van der Waals surface area contributed by atoms with E-state index in [9.17, 15) is 0 Å². The Morgan fingerprint density at radius 1 is 1.18 bits per heavy atom. The summed E-state index contributed by atoms with van der Waals surface area (Å²) in [7, 11) is 0. The van der Waals surface area contributed by atoms with Gasteiger partial charge >= 0.3 is 0 Å². The summed E-state index contributed by atoms with van der Waals surface area (Å²) in [5.41, 5.74) is 1.96. The van der Waals surface area contributed by atoms with E-state index >= 15 is 0 Å². The lowest BCUT2D eigenvalue weighted by atomic mass is 10.1. The molecule has 0 amide bonds. The monoisotopic (exact) mass is 249 g/mol. The summed E-state index contributed by atoms with van der Waals surface area (Å²) in [4.78, 5) is 0. The summed E-state index contributed by atoms with van der Waals surface area (Å²) in [6.45, 7) is 5.54. The van der Waals surface area contributed by atoms with Gasteiger partial charge in [-0.15, -0.1) is 0 Å². The number of hydrogen-bond donors (Lipinski definition) is 1. The number of hydrogen-bond acceptors (Lipinski definition) is 5. The molecule has 0 spiro atoms. The molecule has 1 aromatic heterocycles. The Morgan fingerprint density at radius 2 is 1.94 bits per heavy atom. The molecule has 4 nitrogen and oxygen atoms in total. The third-order valence-electron chi connectivity index (χ3n) is 2.27. The third-order valence-corrected chi connectivity index (χ3v) is 2.80. The highest BCUT2D eigenvalue weighted by atomic mass is 32.1. The van der Waals surface area contributed by atoms with Gasteiger partial charge in [-0.2, -0.15) is 8.75 Å². The summed E-state index contributed by atoms with van der Waals surface area (Å²) < 4.78 is 13.9. The molecule has 0 bridgehead atoms. The Balaban J connectivity index is 2.23. The van der Waals surface area contributed by atoms with Crippen molar-refractivity contribution in [1.29, 1.82) is 0 Å². The van der Waals surface area contributed by atoms with Gasteiger partial charge in [0.05, 0.1) is 18.3 Å². The fourth-order valence-electron chi connectivity index (χ4n) is 1.54. The van der Waals surface area contributed by atoms with E-state index in [1.165, 1.54) is 11.7 Å². The lowest BCUT2D eigenvalue weighted by Gasteiger charge is -2.05. The van der Waals surface area contributed by atoms with Gasteiger partial charge in [-0.05, 0) is 38.1 Å². The van der Waals surface area contributed by atoms with Gasteiger partial charge in [0, 0.05) is 12.1 Å². The summed E-state index contributed by atoms with van der Waals surface area (Å²) in [5.74, 6) is 1.73. The van der Waals surface area contributed by atoms with Crippen LogP contribution >= 0.6 is 11.7 Å². The molecule has 0 unspecified atom stereocenters. The minimum Gasteiger partial charge on any atom is -0.494 e. The zero-order chi connectivity index (χ0) is 12.1. The average Bonchev–Trinajstić information content (AvgIpc) is 2.79. The zero-order valence-corrected chi connectivity index (χ0v) is 10.8. The number of anilines is 1. The van der Waals surface area contributed by atoms with Crippen LogP contribution in [0.3, 0.4) is 0 Å². The number of nitrogens with zero attached hydrogens (tertiary/aromatic N) is 2. The second-order valence-electron chi connectivity index (χ2n) is 3.45. The molecule has 0 aliphatic rings. The summed E-state index contributed by atoms with van der Waals surface area (Å²) in [6.07, 6.45) is 0. The number of rotatable bonds is 5. The third kappa shape index (κ3) is 2.74. The van der Waals surface area contributed by atoms with Crippen LogP contribution in [0.4, 0.5) is 5.82 Å². The van der Waals surface area contributed by atoms with E-state index in [0.29, 0.717) is 6.61 Å². The molecule has 5 heteroatoms. The largest absolute Gasteiger partial charge is 0.494 e. The first-order valence-corrected chi connectivity index (χ1v) is 6.37. The van der Waals surface area contributed by atoms with Crippen molar-refractivity contribution < 1.29 is 4.74 Å². The molecule has 0 atom stereocenters. The van der Waals surface area contributed by atoms with Crippen LogP contribution in [0, 0.1) is 0 Å². The van der Waals surface area contributed by atoms with Crippen LogP contribution in [0.15, 0.2) is 24.3 Å². The van der Waals surface area contributed by atoms with Gasteiger partial charge in [0.15, 0.2) is 5.82 Å². The van der Waals surface area contributed by atoms with Crippen molar-refractivity contribution in [1.82, 2.24) is 8.75 Å². The second kappa shape index (κ2) is 5.63. The summed E-state index contributed by atoms with van der Waals surface area (Å²) in [5, 5.41) is 3.20. The minimum atomic E-state index is 0.681. The van der Waals surface area contributed by atoms with Crippen LogP contribution in [0.1, 0.15) is 13.8 Å². The molecule has 1 aromatic carbocycles. The van der Waals surface area contributed by atoms with Crippen LogP contribution in [0.25, 0.3) is 11.3 Å². The normalized spacial score (nSPS) is 10.2. The van der Waals surface area contributed by atoms with Gasteiger partial charge < -0.3 is 10.1 Å². The molecular weight excluding hydrogens is 234 g/mol. The minimum absolute atomic E-state index is 0.681. The van der Waals surface area contributed by atoms with Gasteiger partial charge in [0.1, 0.15) is 11.4 Å². The van der Waals surface area contributed by atoms with Crippen molar-refractivity contribution in [2.45, 2.75) is 13.8 Å². The van der Waals surface area contributed by atoms with Gasteiger partial charge in [-0.3, -0.25) is 0 Å². The highest BCUT2D eigenvalue weighted by molar-refractivity contribution is 6.99. The van der Waals surface area contributed by atoms with Crippen molar-refractivity contribution in [3.63, 3.8) is 0 Å². The number of benzene rings is 1. The molecular formula is C12H15N3OS. The zero-order valence-electron chi connectivity index (χ0n) is 9.93. The number of nitrogens with one attached hydrogen (secondary N) is 1. The van der Waals surface area contributed by atoms with Gasteiger partial charge in [0.2, 0.25) is 0 Å². The van der Waals surface area contributed by atoms with E-state index in [-0.39, 0.29) is 0 Å². The van der Waals surface area contributed by atoms with E-state index in [4.69, 9.17) is 4.74 Å². The molecule has 2 rings (SSSR count). The topological polar surface area (TPSA) is 47.0 Å². The molecule has 90 valence electrons. The molecule has 0 aliphatic carbocycles. The number of ether oxygens (including phenoxy) is 1. The Morgan fingerprint density at radius 3 is 2.59 bits per heavy atom. The van der Waals surface area contributed by atoms with E-state index in [1.54, 1.807) is 0 Å². The Kier molecular flexibility index (Phi) is 3.93. The summed E-state index contributed by atoms with van der Waals surface area (Å²) >= 11 is 1.22. The van der Waals surface area contributed by atoms with Crippen LogP contribution in [0.5, 0.6) is 5.75 Å². The molecule has 0 aliphatic heterocycles. The van der Waals surface area contributed by atoms with Crippen LogP contribution < -0.4 is 10.1 Å². The molecule has 0 fully saturated rings. The van der Waals surface area contributed by atoms with Gasteiger partial charge in [-0.1, -0.05) is 0 Å².